The Kier molecular flexibility index (Phi) is 6.00. The Bertz CT molecular complexity index is 966. The summed E-state index contributed by atoms with van der Waals surface area (Å²) in [5.41, 5.74) is 2.41. The third-order valence-electron chi connectivity index (χ3n) is 5.89. The van der Waals surface area contributed by atoms with E-state index in [4.69, 9.17) is 4.74 Å². The zero-order valence-corrected chi connectivity index (χ0v) is 18.7. The van der Waals surface area contributed by atoms with Crippen LogP contribution < -0.4 is 10.1 Å². The first-order valence-electron chi connectivity index (χ1n) is 10.8. The first kappa shape index (κ1) is 21.4. The Hall–Kier alpha value is -2.87. The number of ether oxygens (including phenoxy) is 1. The van der Waals surface area contributed by atoms with E-state index >= 15 is 0 Å². The maximum absolute atomic E-state index is 13.4. The molecule has 1 aromatic carbocycles. The second kappa shape index (κ2) is 8.70. The fourth-order valence-electron chi connectivity index (χ4n) is 4.06. The summed E-state index contributed by atoms with van der Waals surface area (Å²) in [5, 5.41) is 7.34. The van der Waals surface area contributed by atoms with Crippen molar-refractivity contribution in [3.8, 4) is 5.75 Å². The second-order valence-electron chi connectivity index (χ2n) is 8.85. The van der Waals surface area contributed by atoms with Gasteiger partial charge in [-0.15, -0.1) is 0 Å². The molecule has 0 radical (unpaired) electrons. The van der Waals surface area contributed by atoms with Crippen LogP contribution in [0.4, 0.5) is 0 Å². The number of carbonyl (C=O) groups excluding carboxylic acids is 2. The Labute approximate surface area is 183 Å². The molecule has 0 bridgehead atoms. The van der Waals surface area contributed by atoms with Crippen LogP contribution in [0.15, 0.2) is 30.3 Å². The highest BCUT2D eigenvalue weighted by atomic mass is 16.5. The number of likely N-dealkylation sites (N-methyl/N-ethyl adjacent to an activating group) is 1. The van der Waals surface area contributed by atoms with Crippen molar-refractivity contribution in [2.75, 3.05) is 27.2 Å². The van der Waals surface area contributed by atoms with Crippen LogP contribution in [0.2, 0.25) is 0 Å². The fourth-order valence-corrected chi connectivity index (χ4v) is 4.06. The molecule has 2 aliphatic rings. The lowest BCUT2D eigenvalue weighted by Gasteiger charge is -2.33. The largest absolute Gasteiger partial charge is 0.491 e. The lowest BCUT2D eigenvalue weighted by Crippen LogP contribution is -2.53. The zero-order valence-electron chi connectivity index (χ0n) is 18.7. The van der Waals surface area contributed by atoms with Gasteiger partial charge in [0.05, 0.1) is 11.7 Å². The third kappa shape index (κ3) is 4.74. The molecule has 0 spiro atoms. The number of aromatic nitrogens is 2. The Morgan fingerprint density at radius 2 is 2.03 bits per heavy atom. The molecule has 8 heteroatoms. The van der Waals surface area contributed by atoms with E-state index in [0.717, 1.165) is 29.8 Å². The SMILES string of the molecule is CC(NC(=O)c1cc(C2CC2)nn1C)C(=O)N1Cc2ccccc2OCC1CN(C)C. The molecule has 4 rings (SSSR count). The van der Waals surface area contributed by atoms with Gasteiger partial charge < -0.3 is 19.9 Å². The van der Waals surface area contributed by atoms with Crippen molar-refractivity contribution in [3.05, 3.63) is 47.3 Å². The molecule has 1 aliphatic heterocycles. The normalized spacial score (nSPS) is 19.4. The number of nitrogens with zero attached hydrogens (tertiary/aromatic N) is 4. The summed E-state index contributed by atoms with van der Waals surface area (Å²) in [6, 6.07) is 8.85. The first-order chi connectivity index (χ1) is 14.8. The summed E-state index contributed by atoms with van der Waals surface area (Å²) in [5.74, 6) is 0.875. The molecule has 0 saturated heterocycles. The smallest absolute Gasteiger partial charge is 0.270 e. The van der Waals surface area contributed by atoms with Crippen LogP contribution in [0.25, 0.3) is 0 Å². The first-order valence-corrected chi connectivity index (χ1v) is 10.8. The molecule has 2 heterocycles. The summed E-state index contributed by atoms with van der Waals surface area (Å²) in [6.45, 7) is 3.27. The van der Waals surface area contributed by atoms with Crippen molar-refractivity contribution in [2.45, 2.75) is 44.3 Å². The summed E-state index contributed by atoms with van der Waals surface area (Å²) < 4.78 is 7.60. The maximum Gasteiger partial charge on any atom is 0.270 e. The molecule has 1 saturated carbocycles. The molecule has 1 aromatic heterocycles. The molecule has 2 unspecified atom stereocenters. The van der Waals surface area contributed by atoms with Gasteiger partial charge in [-0.1, -0.05) is 18.2 Å². The summed E-state index contributed by atoms with van der Waals surface area (Å²) >= 11 is 0. The van der Waals surface area contributed by atoms with Crippen LogP contribution in [-0.4, -0.2) is 70.7 Å². The molecule has 2 amide bonds. The van der Waals surface area contributed by atoms with Crippen LogP contribution >= 0.6 is 0 Å². The topological polar surface area (TPSA) is 79.7 Å². The summed E-state index contributed by atoms with van der Waals surface area (Å²) in [7, 11) is 5.72. The maximum atomic E-state index is 13.4. The molecule has 2 atom stereocenters. The lowest BCUT2D eigenvalue weighted by molar-refractivity contribution is -0.136. The number of fused-ring (bicyclic) bond motifs is 1. The zero-order chi connectivity index (χ0) is 22.1. The highest BCUT2D eigenvalue weighted by Crippen LogP contribution is 2.39. The van der Waals surface area contributed by atoms with Gasteiger partial charge in [0.1, 0.15) is 24.1 Å². The van der Waals surface area contributed by atoms with Crippen molar-refractivity contribution in [3.63, 3.8) is 0 Å². The quantitative estimate of drug-likeness (QED) is 0.763. The van der Waals surface area contributed by atoms with Crippen molar-refractivity contribution < 1.29 is 14.3 Å². The average Bonchev–Trinajstić information content (AvgIpc) is 3.52. The number of hydrogen-bond donors (Lipinski definition) is 1. The van der Waals surface area contributed by atoms with Crippen molar-refractivity contribution in [1.82, 2.24) is 24.9 Å². The van der Waals surface area contributed by atoms with Gasteiger partial charge in [0.25, 0.3) is 5.91 Å². The van der Waals surface area contributed by atoms with E-state index < -0.39 is 6.04 Å². The van der Waals surface area contributed by atoms with Gasteiger partial charge in [-0.3, -0.25) is 14.3 Å². The van der Waals surface area contributed by atoms with Crippen molar-refractivity contribution in [1.29, 1.82) is 0 Å². The molecule has 31 heavy (non-hydrogen) atoms. The molecule has 166 valence electrons. The van der Waals surface area contributed by atoms with E-state index in [-0.39, 0.29) is 17.9 Å². The number of rotatable bonds is 6. The summed E-state index contributed by atoms with van der Waals surface area (Å²) in [6.07, 6.45) is 2.25. The number of benzene rings is 1. The molecule has 2 aromatic rings. The number of hydrogen-bond acceptors (Lipinski definition) is 5. The number of nitrogens with one attached hydrogen (secondary N) is 1. The second-order valence-corrected chi connectivity index (χ2v) is 8.85. The predicted octanol–water partition coefficient (Wildman–Crippen LogP) is 1.77. The molecule has 1 N–H and O–H groups in total. The van der Waals surface area contributed by atoms with E-state index in [1.807, 2.05) is 54.2 Å². The number of carbonyl (C=O) groups is 2. The van der Waals surface area contributed by atoms with Gasteiger partial charge in [-0.2, -0.15) is 5.10 Å². The van der Waals surface area contributed by atoms with Crippen molar-refractivity contribution in [2.24, 2.45) is 7.05 Å². The van der Waals surface area contributed by atoms with E-state index in [0.29, 0.717) is 31.3 Å². The van der Waals surface area contributed by atoms with Crippen LogP contribution in [0.5, 0.6) is 5.75 Å². The van der Waals surface area contributed by atoms with Gasteiger partial charge in [0.15, 0.2) is 0 Å². The van der Waals surface area contributed by atoms with E-state index in [9.17, 15) is 9.59 Å². The minimum atomic E-state index is -0.665. The molecule has 8 nitrogen and oxygen atoms in total. The fraction of sp³-hybridized carbons (Fsp3) is 0.522. The van der Waals surface area contributed by atoms with Crippen LogP contribution in [0, 0.1) is 0 Å². The van der Waals surface area contributed by atoms with Gasteiger partial charge in [0, 0.05) is 31.6 Å². The third-order valence-corrected chi connectivity index (χ3v) is 5.89. The standard InChI is InChI=1S/C23H31N5O3/c1-15(24-22(29)20-11-19(16-9-10-16)25-27(20)4)23(30)28-12-17-7-5-6-8-21(17)31-14-18(28)13-26(2)3/h5-8,11,15-16,18H,9-10,12-14H2,1-4H3,(H,24,29). The van der Waals surface area contributed by atoms with Crippen molar-refractivity contribution >= 4 is 11.8 Å². The van der Waals surface area contributed by atoms with E-state index in [1.165, 1.54) is 0 Å². The molecular weight excluding hydrogens is 394 g/mol. The lowest BCUT2D eigenvalue weighted by atomic mass is 10.1. The van der Waals surface area contributed by atoms with Crippen LogP contribution in [-0.2, 0) is 18.4 Å². The highest BCUT2D eigenvalue weighted by Gasteiger charge is 2.33. The molecular formula is C23H31N5O3. The molecule has 1 fully saturated rings. The number of para-hydroxylation sites is 1. The van der Waals surface area contributed by atoms with Gasteiger partial charge >= 0.3 is 0 Å². The average molecular weight is 426 g/mol. The van der Waals surface area contributed by atoms with E-state index in [2.05, 4.69) is 10.4 Å². The van der Waals surface area contributed by atoms with Gasteiger partial charge in [-0.25, -0.2) is 0 Å². The monoisotopic (exact) mass is 425 g/mol. The van der Waals surface area contributed by atoms with Gasteiger partial charge in [-0.05, 0) is 46.0 Å². The minimum absolute atomic E-state index is 0.118. The van der Waals surface area contributed by atoms with E-state index in [1.54, 1.807) is 18.7 Å². The summed E-state index contributed by atoms with van der Waals surface area (Å²) in [4.78, 5) is 30.2. The van der Waals surface area contributed by atoms with Gasteiger partial charge in [0.2, 0.25) is 5.91 Å². The Balaban J connectivity index is 1.50. The number of aryl methyl sites for hydroxylation is 1. The number of amides is 2. The van der Waals surface area contributed by atoms with Crippen LogP contribution in [0.3, 0.4) is 0 Å². The highest BCUT2D eigenvalue weighted by molar-refractivity contribution is 5.96. The Morgan fingerprint density at radius 1 is 1.29 bits per heavy atom. The molecule has 1 aliphatic carbocycles. The predicted molar refractivity (Wildman–Crippen MR) is 117 cm³/mol. The van der Waals surface area contributed by atoms with Crippen LogP contribution in [0.1, 0.15) is 47.4 Å². The Morgan fingerprint density at radius 3 is 2.74 bits per heavy atom. The minimum Gasteiger partial charge on any atom is -0.491 e.